The van der Waals surface area contributed by atoms with Gasteiger partial charge in [-0.2, -0.15) is 0 Å². The molecule has 2 aromatic carbocycles. The first-order valence-corrected chi connectivity index (χ1v) is 12.2. The van der Waals surface area contributed by atoms with Crippen molar-refractivity contribution in [1.82, 2.24) is 5.32 Å². The number of hydrogen-bond acceptors (Lipinski definition) is 5. The molecule has 3 aliphatic rings. The second kappa shape index (κ2) is 8.46. The van der Waals surface area contributed by atoms with Crippen molar-refractivity contribution in [1.29, 1.82) is 0 Å². The fraction of sp³-hybridized carbons (Fsp3) is 0.385. The summed E-state index contributed by atoms with van der Waals surface area (Å²) in [4.78, 5) is 54.1. The minimum absolute atomic E-state index is 0.180. The van der Waals surface area contributed by atoms with Crippen molar-refractivity contribution in [2.75, 3.05) is 10.2 Å². The molecule has 5 rings (SSSR count). The molecule has 8 nitrogen and oxygen atoms in total. The van der Waals surface area contributed by atoms with E-state index in [1.165, 1.54) is 0 Å². The van der Waals surface area contributed by atoms with E-state index in [4.69, 9.17) is 17.3 Å². The van der Waals surface area contributed by atoms with Gasteiger partial charge in [0.1, 0.15) is 5.54 Å². The van der Waals surface area contributed by atoms with E-state index in [-0.39, 0.29) is 6.42 Å². The van der Waals surface area contributed by atoms with E-state index >= 15 is 0 Å². The Morgan fingerprint density at radius 1 is 1.11 bits per heavy atom. The molecule has 3 heterocycles. The minimum atomic E-state index is -1.50. The number of halogens is 1. The minimum Gasteiger partial charge on any atom is -0.370 e. The van der Waals surface area contributed by atoms with Gasteiger partial charge in [0.05, 0.1) is 23.2 Å². The van der Waals surface area contributed by atoms with Crippen LogP contribution in [0.5, 0.6) is 0 Å². The number of fused-ring (bicyclic) bond motifs is 4. The zero-order chi connectivity index (χ0) is 25.1. The van der Waals surface area contributed by atoms with E-state index in [1.807, 2.05) is 12.1 Å². The number of unbranched alkanes of at least 4 members (excludes halogenated alkanes) is 1. The largest absolute Gasteiger partial charge is 0.370 e. The topological polar surface area (TPSA) is 122 Å². The Bertz CT molecular complexity index is 1260. The fourth-order valence-electron chi connectivity index (χ4n) is 5.83. The lowest BCUT2D eigenvalue weighted by molar-refractivity contribution is -0.130. The van der Waals surface area contributed by atoms with Gasteiger partial charge < -0.3 is 11.1 Å². The number of hydrogen-bond donors (Lipinski definition) is 3. The molecule has 2 fully saturated rings. The highest BCUT2D eigenvalue weighted by Crippen LogP contribution is 2.55. The number of rotatable bonds is 6. The molecule has 182 valence electrons. The van der Waals surface area contributed by atoms with E-state index in [9.17, 15) is 19.2 Å². The van der Waals surface area contributed by atoms with Crippen molar-refractivity contribution in [2.24, 2.45) is 17.6 Å². The van der Waals surface area contributed by atoms with Crippen LogP contribution in [-0.2, 0) is 31.1 Å². The molecule has 2 saturated heterocycles. The molecule has 0 radical (unpaired) electrons. The third kappa shape index (κ3) is 3.38. The van der Waals surface area contributed by atoms with Crippen LogP contribution in [0.1, 0.15) is 42.9 Å². The van der Waals surface area contributed by atoms with Crippen LogP contribution in [0.4, 0.5) is 11.4 Å². The first-order valence-electron chi connectivity index (χ1n) is 11.8. The molecule has 0 aromatic heterocycles. The smallest absolute Gasteiger partial charge is 0.250 e. The van der Waals surface area contributed by atoms with Gasteiger partial charge in [-0.1, -0.05) is 43.1 Å². The number of amides is 4. The van der Waals surface area contributed by atoms with Crippen molar-refractivity contribution in [2.45, 2.75) is 51.1 Å². The molecule has 4 amide bonds. The average molecular weight is 495 g/mol. The molecule has 35 heavy (non-hydrogen) atoms. The number of imide groups is 1. The van der Waals surface area contributed by atoms with E-state index in [0.717, 1.165) is 29.7 Å². The number of nitrogens with zero attached hydrogens (tertiary/aromatic N) is 1. The highest BCUT2D eigenvalue weighted by molar-refractivity contribution is 6.32. The first-order chi connectivity index (χ1) is 16.7. The molecule has 3 aliphatic heterocycles. The highest BCUT2D eigenvalue weighted by atomic mass is 35.5. The Balaban J connectivity index is 1.60. The van der Waals surface area contributed by atoms with Crippen LogP contribution < -0.4 is 21.3 Å². The van der Waals surface area contributed by atoms with Crippen molar-refractivity contribution < 1.29 is 19.2 Å². The summed E-state index contributed by atoms with van der Waals surface area (Å²) in [6.07, 6.45) is 2.85. The number of nitrogens with one attached hydrogen (secondary N) is 2. The molecule has 9 heteroatoms. The lowest BCUT2D eigenvalue weighted by Crippen LogP contribution is -2.53. The Hall–Kier alpha value is -3.23. The standard InChI is InChI=1S/C26H27ClN4O4/c1-3-4-5-14-6-8-15(9-7-14)31-23(33)20-18(12-19(28)32)30-26(21(20)24(31)34)16-10-11-17(27)13(2)22(16)29-25(26)35/h6-11,18,20-21,30H,3-5,12H2,1-2H3,(H2,28,32)(H,29,35)/t18-,20-,21+,26+/m1/s1. The molecule has 0 aliphatic carbocycles. The van der Waals surface area contributed by atoms with Gasteiger partial charge in [-0.15, -0.1) is 0 Å². The van der Waals surface area contributed by atoms with Gasteiger partial charge in [0.25, 0.3) is 0 Å². The van der Waals surface area contributed by atoms with Crippen molar-refractivity contribution in [3.63, 3.8) is 0 Å². The summed E-state index contributed by atoms with van der Waals surface area (Å²) in [7, 11) is 0. The van der Waals surface area contributed by atoms with Crippen molar-refractivity contribution in [3.05, 3.63) is 58.1 Å². The molecule has 1 spiro atoms. The van der Waals surface area contributed by atoms with Crippen LogP contribution in [0.2, 0.25) is 5.02 Å². The van der Waals surface area contributed by atoms with E-state index in [1.54, 1.807) is 31.2 Å². The summed E-state index contributed by atoms with van der Waals surface area (Å²) in [5.74, 6) is -3.93. The van der Waals surface area contributed by atoms with Crippen LogP contribution in [0.25, 0.3) is 0 Å². The van der Waals surface area contributed by atoms with Crippen molar-refractivity contribution in [3.8, 4) is 0 Å². The molecular weight excluding hydrogens is 468 g/mol. The maximum Gasteiger partial charge on any atom is 0.250 e. The van der Waals surface area contributed by atoms with Crippen LogP contribution in [0, 0.1) is 18.8 Å². The number of benzene rings is 2. The maximum absolute atomic E-state index is 13.9. The molecule has 2 aromatic rings. The zero-order valence-electron chi connectivity index (χ0n) is 19.6. The molecular formula is C26H27ClN4O4. The average Bonchev–Trinajstić information content (AvgIpc) is 3.40. The fourth-order valence-corrected chi connectivity index (χ4v) is 5.99. The highest BCUT2D eigenvalue weighted by Gasteiger charge is 2.70. The van der Waals surface area contributed by atoms with E-state index in [0.29, 0.717) is 27.5 Å². The second-order valence-corrected chi connectivity index (χ2v) is 9.97. The monoisotopic (exact) mass is 494 g/mol. The third-order valence-corrected chi connectivity index (χ3v) is 7.93. The van der Waals surface area contributed by atoms with Crippen molar-refractivity contribution >= 4 is 46.6 Å². The molecule has 4 atom stereocenters. The lowest BCUT2D eigenvalue weighted by atomic mass is 9.76. The number of carbonyl (C=O) groups excluding carboxylic acids is 4. The number of carbonyl (C=O) groups is 4. The summed E-state index contributed by atoms with van der Waals surface area (Å²) < 4.78 is 0. The van der Waals surface area contributed by atoms with Crippen LogP contribution in [-0.4, -0.2) is 29.7 Å². The summed E-state index contributed by atoms with van der Waals surface area (Å²) in [5, 5.41) is 6.53. The summed E-state index contributed by atoms with van der Waals surface area (Å²) in [6.45, 7) is 3.90. The van der Waals surface area contributed by atoms with Gasteiger partial charge in [-0.3, -0.25) is 24.5 Å². The number of anilines is 2. The Morgan fingerprint density at radius 2 is 1.83 bits per heavy atom. The number of nitrogens with two attached hydrogens (primary N) is 1. The predicted octanol–water partition coefficient (Wildman–Crippen LogP) is 2.79. The van der Waals surface area contributed by atoms with Gasteiger partial charge in [-0.25, -0.2) is 4.90 Å². The van der Waals surface area contributed by atoms with Crippen LogP contribution in [0.3, 0.4) is 0 Å². The maximum atomic E-state index is 13.9. The summed E-state index contributed by atoms with van der Waals surface area (Å²) in [6, 6.07) is 9.95. The number of aryl methyl sites for hydroxylation is 1. The summed E-state index contributed by atoms with van der Waals surface area (Å²) in [5.41, 5.74) is 7.30. The molecule has 0 bridgehead atoms. The van der Waals surface area contributed by atoms with Gasteiger partial charge in [-0.05, 0) is 49.1 Å². The Kier molecular flexibility index (Phi) is 5.68. The Labute approximate surface area is 208 Å². The SMILES string of the molecule is CCCCc1ccc(N2C(=O)[C@H]3[C@@H](C2=O)[C@]2(N[C@@H]3CC(N)=O)C(=O)Nc3c2ccc(Cl)c3C)cc1. The quantitative estimate of drug-likeness (QED) is 0.533. The molecule has 0 saturated carbocycles. The van der Waals surface area contributed by atoms with Gasteiger partial charge in [0, 0.05) is 23.0 Å². The van der Waals surface area contributed by atoms with Gasteiger partial charge >= 0.3 is 0 Å². The zero-order valence-corrected chi connectivity index (χ0v) is 20.3. The van der Waals surface area contributed by atoms with Gasteiger partial charge in [0.2, 0.25) is 23.6 Å². The molecule has 4 N–H and O–H groups in total. The predicted molar refractivity (Wildman–Crippen MR) is 132 cm³/mol. The van der Waals surface area contributed by atoms with Crippen LogP contribution >= 0.6 is 11.6 Å². The lowest BCUT2D eigenvalue weighted by Gasteiger charge is -2.29. The number of primary amides is 1. The normalized spacial score (nSPS) is 26.9. The third-order valence-electron chi connectivity index (χ3n) is 7.52. The van der Waals surface area contributed by atoms with Crippen LogP contribution in [0.15, 0.2) is 36.4 Å². The van der Waals surface area contributed by atoms with E-state index < -0.39 is 47.0 Å². The van der Waals surface area contributed by atoms with E-state index in [2.05, 4.69) is 17.6 Å². The first kappa shape index (κ1) is 23.5. The Morgan fingerprint density at radius 3 is 2.49 bits per heavy atom. The second-order valence-electron chi connectivity index (χ2n) is 9.56. The molecule has 0 unspecified atom stereocenters. The summed E-state index contributed by atoms with van der Waals surface area (Å²) >= 11 is 6.28. The van der Waals surface area contributed by atoms with Gasteiger partial charge in [0.15, 0.2) is 0 Å².